The van der Waals surface area contributed by atoms with E-state index in [-0.39, 0.29) is 5.91 Å². The molecule has 0 spiro atoms. The largest absolute Gasteiger partial charge is 0.340 e. The molecular formula is C13H14Cl2N4O3. The first-order valence-electron chi connectivity index (χ1n) is 6.48. The highest BCUT2D eigenvalue weighted by Crippen LogP contribution is 2.33. The number of amides is 4. The summed E-state index contributed by atoms with van der Waals surface area (Å²) < 4.78 is 0. The smallest absolute Gasteiger partial charge is 0.333 e. The van der Waals surface area contributed by atoms with E-state index in [0.717, 1.165) is 0 Å². The van der Waals surface area contributed by atoms with Crippen LogP contribution in [0.2, 0.25) is 10.0 Å². The molecule has 9 heteroatoms. The molecule has 1 heterocycles. The number of hydrazine groups is 1. The van der Waals surface area contributed by atoms with E-state index in [0.29, 0.717) is 28.7 Å². The van der Waals surface area contributed by atoms with Crippen LogP contribution in [-0.2, 0) is 9.59 Å². The predicted molar refractivity (Wildman–Crippen MR) is 82.7 cm³/mol. The normalized spacial score (nSPS) is 17.3. The molecule has 1 aromatic rings. The Labute approximate surface area is 136 Å². The van der Waals surface area contributed by atoms with Gasteiger partial charge in [0.25, 0.3) is 5.91 Å². The van der Waals surface area contributed by atoms with E-state index in [2.05, 4.69) is 16.2 Å². The van der Waals surface area contributed by atoms with Crippen molar-refractivity contribution in [3.8, 4) is 0 Å². The highest BCUT2D eigenvalue weighted by atomic mass is 35.5. The molecule has 1 aliphatic heterocycles. The number of anilines is 1. The fraction of sp³-hybridized carbons (Fsp3) is 0.308. The van der Waals surface area contributed by atoms with Crippen molar-refractivity contribution in [2.75, 3.05) is 18.5 Å². The van der Waals surface area contributed by atoms with Crippen LogP contribution in [0.5, 0.6) is 0 Å². The second-order valence-corrected chi connectivity index (χ2v) is 5.46. The molecule has 7 nitrogen and oxygen atoms in total. The predicted octanol–water partition coefficient (Wildman–Crippen LogP) is 1.31. The maximum absolute atomic E-state index is 12.4. The summed E-state index contributed by atoms with van der Waals surface area (Å²) in [5.41, 5.74) is 4.80. The lowest BCUT2D eigenvalue weighted by molar-refractivity contribution is -0.132. The summed E-state index contributed by atoms with van der Waals surface area (Å²) >= 11 is 12.0. The first kappa shape index (κ1) is 16.4. The maximum atomic E-state index is 12.4. The van der Waals surface area contributed by atoms with Gasteiger partial charge in [-0.05, 0) is 24.6 Å². The van der Waals surface area contributed by atoms with Crippen molar-refractivity contribution in [1.82, 2.24) is 16.2 Å². The van der Waals surface area contributed by atoms with Crippen molar-refractivity contribution in [3.63, 3.8) is 0 Å². The number of carbonyl (C=O) groups is 3. The van der Waals surface area contributed by atoms with Crippen LogP contribution >= 0.6 is 23.2 Å². The Hall–Kier alpha value is -1.99. The van der Waals surface area contributed by atoms with E-state index >= 15 is 0 Å². The zero-order valence-corrected chi connectivity index (χ0v) is 13.2. The molecule has 1 atom stereocenters. The van der Waals surface area contributed by atoms with E-state index in [1.54, 1.807) is 18.2 Å². The third-order valence-electron chi connectivity index (χ3n) is 3.25. The van der Waals surface area contributed by atoms with Crippen molar-refractivity contribution in [3.05, 3.63) is 28.2 Å². The molecule has 0 bridgehead atoms. The van der Waals surface area contributed by atoms with Gasteiger partial charge in [-0.25, -0.2) is 10.2 Å². The van der Waals surface area contributed by atoms with Crippen molar-refractivity contribution < 1.29 is 14.4 Å². The zero-order valence-electron chi connectivity index (χ0n) is 11.7. The molecule has 0 saturated carbocycles. The van der Waals surface area contributed by atoms with Gasteiger partial charge in [-0.1, -0.05) is 23.2 Å². The molecular weight excluding hydrogens is 331 g/mol. The molecule has 1 saturated heterocycles. The average Bonchev–Trinajstić information content (AvgIpc) is 2.88. The van der Waals surface area contributed by atoms with Gasteiger partial charge in [-0.2, -0.15) is 0 Å². The molecule has 0 aliphatic carbocycles. The van der Waals surface area contributed by atoms with E-state index in [1.165, 1.54) is 11.9 Å². The summed E-state index contributed by atoms with van der Waals surface area (Å²) in [7, 11) is 1.41. The summed E-state index contributed by atoms with van der Waals surface area (Å²) in [6.45, 7) is 0.344. The number of hydrogen-bond acceptors (Lipinski definition) is 3. The second kappa shape index (κ2) is 6.85. The molecule has 22 heavy (non-hydrogen) atoms. The summed E-state index contributed by atoms with van der Waals surface area (Å²) in [6.07, 6.45) is 0.322. The topological polar surface area (TPSA) is 90.5 Å². The standard InChI is InChI=1S/C13H14Cl2N4O3/c1-16-13(22)18-17-11(20)8-4-5-19(12(8)21)10-6-7(14)2-3-9(10)15/h2-3,6,8H,4-5H2,1H3,(H,17,20)(H2,16,18,22). The Bertz CT molecular complexity index is 623. The first-order chi connectivity index (χ1) is 10.4. The van der Waals surface area contributed by atoms with Gasteiger partial charge < -0.3 is 10.2 Å². The zero-order chi connectivity index (χ0) is 16.3. The summed E-state index contributed by atoms with van der Waals surface area (Å²) in [4.78, 5) is 36.7. The Morgan fingerprint density at radius 3 is 2.68 bits per heavy atom. The molecule has 1 fully saturated rings. The molecule has 2 rings (SSSR count). The van der Waals surface area contributed by atoms with Crippen molar-refractivity contribution in [2.24, 2.45) is 5.92 Å². The van der Waals surface area contributed by atoms with Crippen LogP contribution in [-0.4, -0.2) is 31.4 Å². The molecule has 1 aliphatic rings. The summed E-state index contributed by atoms with van der Waals surface area (Å²) in [5.74, 6) is -1.85. The SMILES string of the molecule is CNC(=O)NNC(=O)C1CCN(c2cc(Cl)ccc2Cl)C1=O. The van der Waals surface area contributed by atoms with Crippen LogP contribution in [0, 0.1) is 5.92 Å². The van der Waals surface area contributed by atoms with Crippen LogP contribution in [0.3, 0.4) is 0 Å². The molecule has 0 aromatic heterocycles. The first-order valence-corrected chi connectivity index (χ1v) is 7.23. The molecule has 118 valence electrons. The van der Waals surface area contributed by atoms with Crippen LogP contribution in [0.15, 0.2) is 18.2 Å². The van der Waals surface area contributed by atoms with Gasteiger partial charge in [0, 0.05) is 18.6 Å². The summed E-state index contributed by atoms with van der Waals surface area (Å²) in [5, 5.41) is 3.10. The molecule has 1 aromatic carbocycles. The number of benzene rings is 1. The average molecular weight is 345 g/mol. The number of rotatable bonds is 2. The minimum absolute atomic E-state index is 0.322. The molecule has 1 unspecified atom stereocenters. The molecule has 3 N–H and O–H groups in total. The fourth-order valence-corrected chi connectivity index (χ4v) is 2.51. The minimum Gasteiger partial charge on any atom is -0.340 e. The maximum Gasteiger partial charge on any atom is 0.333 e. The van der Waals surface area contributed by atoms with E-state index in [1.807, 2.05) is 0 Å². The Balaban J connectivity index is 2.08. The highest BCUT2D eigenvalue weighted by Gasteiger charge is 2.38. The monoisotopic (exact) mass is 344 g/mol. The lowest BCUT2D eigenvalue weighted by Crippen LogP contribution is -2.49. The van der Waals surface area contributed by atoms with Gasteiger partial charge >= 0.3 is 6.03 Å². The van der Waals surface area contributed by atoms with E-state index < -0.39 is 17.9 Å². The summed E-state index contributed by atoms with van der Waals surface area (Å²) in [6, 6.07) is 4.21. The van der Waals surface area contributed by atoms with Gasteiger partial charge in [0.15, 0.2) is 0 Å². The van der Waals surface area contributed by atoms with Gasteiger partial charge in [0.2, 0.25) is 5.91 Å². The second-order valence-electron chi connectivity index (χ2n) is 4.62. The van der Waals surface area contributed by atoms with Crippen LogP contribution in [0.25, 0.3) is 0 Å². The van der Waals surface area contributed by atoms with Gasteiger partial charge in [0.1, 0.15) is 5.92 Å². The van der Waals surface area contributed by atoms with Gasteiger partial charge in [-0.3, -0.25) is 15.0 Å². The minimum atomic E-state index is -0.882. The number of nitrogens with zero attached hydrogens (tertiary/aromatic N) is 1. The number of carbonyl (C=O) groups excluding carboxylic acids is 3. The molecule has 0 radical (unpaired) electrons. The fourth-order valence-electron chi connectivity index (χ4n) is 2.12. The van der Waals surface area contributed by atoms with Crippen molar-refractivity contribution in [1.29, 1.82) is 0 Å². The number of urea groups is 1. The Morgan fingerprint density at radius 1 is 1.27 bits per heavy atom. The number of halogens is 2. The van der Waals surface area contributed by atoms with Gasteiger partial charge in [0.05, 0.1) is 10.7 Å². The Morgan fingerprint density at radius 2 is 2.00 bits per heavy atom. The lowest BCUT2D eigenvalue weighted by atomic mass is 10.1. The lowest BCUT2D eigenvalue weighted by Gasteiger charge is -2.18. The van der Waals surface area contributed by atoms with Crippen molar-refractivity contribution in [2.45, 2.75) is 6.42 Å². The Kier molecular flexibility index (Phi) is 5.10. The molecule has 4 amide bonds. The number of hydrogen-bond donors (Lipinski definition) is 3. The third kappa shape index (κ3) is 3.42. The van der Waals surface area contributed by atoms with Crippen LogP contribution in [0.1, 0.15) is 6.42 Å². The van der Waals surface area contributed by atoms with Crippen LogP contribution < -0.4 is 21.1 Å². The number of nitrogens with one attached hydrogen (secondary N) is 3. The third-order valence-corrected chi connectivity index (χ3v) is 3.80. The van der Waals surface area contributed by atoms with E-state index in [9.17, 15) is 14.4 Å². The highest BCUT2D eigenvalue weighted by molar-refractivity contribution is 6.36. The van der Waals surface area contributed by atoms with Crippen molar-refractivity contribution >= 4 is 46.7 Å². The van der Waals surface area contributed by atoms with Crippen LogP contribution in [0.4, 0.5) is 10.5 Å². The van der Waals surface area contributed by atoms with Gasteiger partial charge in [-0.15, -0.1) is 0 Å². The quantitative estimate of drug-likeness (QED) is 0.558. The van der Waals surface area contributed by atoms with E-state index in [4.69, 9.17) is 23.2 Å².